The summed E-state index contributed by atoms with van der Waals surface area (Å²) in [6, 6.07) is 6.84. The maximum Gasteiger partial charge on any atom is 0.251 e. The van der Waals surface area contributed by atoms with Crippen LogP contribution < -0.4 is 5.32 Å². The van der Waals surface area contributed by atoms with Crippen molar-refractivity contribution in [3.8, 4) is 0 Å². The van der Waals surface area contributed by atoms with Crippen LogP contribution in [0.2, 0.25) is 0 Å². The summed E-state index contributed by atoms with van der Waals surface area (Å²) in [5, 5.41) is 11.9. The van der Waals surface area contributed by atoms with Gasteiger partial charge in [0.05, 0.1) is 6.61 Å². The second-order valence-electron chi connectivity index (χ2n) is 6.96. The number of amides is 2. The van der Waals surface area contributed by atoms with Crippen molar-refractivity contribution in [3.63, 3.8) is 0 Å². The Kier molecular flexibility index (Phi) is 6.96. The van der Waals surface area contributed by atoms with E-state index in [4.69, 9.17) is 5.11 Å². The normalized spacial score (nSPS) is 16.8. The molecule has 25 heavy (non-hydrogen) atoms. The van der Waals surface area contributed by atoms with E-state index in [1.54, 1.807) is 6.07 Å². The van der Waals surface area contributed by atoms with E-state index in [2.05, 4.69) is 10.2 Å². The van der Waals surface area contributed by atoms with E-state index in [9.17, 15) is 9.59 Å². The van der Waals surface area contributed by atoms with Crippen molar-refractivity contribution in [2.45, 2.75) is 26.8 Å². The third-order valence-corrected chi connectivity index (χ3v) is 4.60. The highest BCUT2D eigenvalue weighted by Gasteiger charge is 2.30. The largest absolute Gasteiger partial charge is 0.395 e. The van der Waals surface area contributed by atoms with Crippen LogP contribution in [0.4, 0.5) is 0 Å². The number of piperazine rings is 1. The molecule has 2 rings (SSSR count). The van der Waals surface area contributed by atoms with E-state index in [1.807, 2.05) is 43.9 Å². The lowest BCUT2D eigenvalue weighted by molar-refractivity contribution is -0.136. The molecule has 0 saturated carbocycles. The van der Waals surface area contributed by atoms with Crippen LogP contribution in [0, 0.1) is 12.8 Å². The number of hydrogen-bond acceptors (Lipinski definition) is 4. The van der Waals surface area contributed by atoms with Gasteiger partial charge < -0.3 is 15.3 Å². The van der Waals surface area contributed by atoms with Gasteiger partial charge in [0.15, 0.2) is 0 Å². The fraction of sp³-hybridized carbons (Fsp3) is 0.579. The molecule has 0 aliphatic carbocycles. The summed E-state index contributed by atoms with van der Waals surface area (Å²) in [4.78, 5) is 29.4. The van der Waals surface area contributed by atoms with Gasteiger partial charge in [-0.15, -0.1) is 0 Å². The van der Waals surface area contributed by atoms with Gasteiger partial charge in [0.2, 0.25) is 5.91 Å². The molecule has 0 aromatic heterocycles. The molecule has 0 spiro atoms. The topological polar surface area (TPSA) is 72.9 Å². The smallest absolute Gasteiger partial charge is 0.251 e. The van der Waals surface area contributed by atoms with E-state index in [0.717, 1.165) is 18.7 Å². The van der Waals surface area contributed by atoms with E-state index >= 15 is 0 Å². The van der Waals surface area contributed by atoms with Crippen LogP contribution >= 0.6 is 0 Å². The quantitative estimate of drug-likeness (QED) is 0.801. The molecule has 138 valence electrons. The molecule has 1 saturated heterocycles. The lowest BCUT2D eigenvalue weighted by Crippen LogP contribution is -2.56. The molecule has 1 fully saturated rings. The van der Waals surface area contributed by atoms with Crippen LogP contribution in [0.3, 0.4) is 0 Å². The van der Waals surface area contributed by atoms with Gasteiger partial charge in [0.25, 0.3) is 5.91 Å². The molecular formula is C19H29N3O3. The molecule has 2 N–H and O–H groups in total. The van der Waals surface area contributed by atoms with Crippen LogP contribution in [0.15, 0.2) is 24.3 Å². The molecule has 1 aromatic carbocycles. The number of nitrogens with zero attached hydrogens (tertiary/aromatic N) is 2. The summed E-state index contributed by atoms with van der Waals surface area (Å²) in [5.74, 6) is -0.231. The Morgan fingerprint density at radius 3 is 2.44 bits per heavy atom. The SMILES string of the molecule is Cc1cccc(C(=O)NC(C(=O)N2CCN(CCO)CC2)C(C)C)c1. The van der Waals surface area contributed by atoms with Crippen molar-refractivity contribution in [1.29, 1.82) is 0 Å². The van der Waals surface area contributed by atoms with Gasteiger partial charge in [-0.25, -0.2) is 0 Å². The number of hydrogen-bond donors (Lipinski definition) is 2. The van der Waals surface area contributed by atoms with Crippen LogP contribution in [-0.4, -0.2) is 72.1 Å². The van der Waals surface area contributed by atoms with Gasteiger partial charge in [0, 0.05) is 38.3 Å². The van der Waals surface area contributed by atoms with Crippen molar-refractivity contribution < 1.29 is 14.7 Å². The van der Waals surface area contributed by atoms with Crippen molar-refractivity contribution in [3.05, 3.63) is 35.4 Å². The van der Waals surface area contributed by atoms with E-state index in [-0.39, 0.29) is 24.3 Å². The van der Waals surface area contributed by atoms with Crippen molar-refractivity contribution in [1.82, 2.24) is 15.1 Å². The third-order valence-electron chi connectivity index (χ3n) is 4.60. The minimum atomic E-state index is -0.530. The zero-order chi connectivity index (χ0) is 18.4. The average Bonchev–Trinajstić information content (AvgIpc) is 2.59. The fourth-order valence-electron chi connectivity index (χ4n) is 3.05. The first-order valence-corrected chi connectivity index (χ1v) is 8.92. The third kappa shape index (κ3) is 5.28. The second kappa shape index (κ2) is 8.97. The number of rotatable bonds is 6. The van der Waals surface area contributed by atoms with Crippen LogP contribution in [0.25, 0.3) is 0 Å². The Morgan fingerprint density at radius 2 is 1.88 bits per heavy atom. The fourth-order valence-corrected chi connectivity index (χ4v) is 3.05. The minimum absolute atomic E-state index is 0.0109. The monoisotopic (exact) mass is 347 g/mol. The Hall–Kier alpha value is -1.92. The first-order valence-electron chi connectivity index (χ1n) is 8.92. The summed E-state index contributed by atoms with van der Waals surface area (Å²) in [7, 11) is 0. The molecule has 1 aliphatic heterocycles. The standard InChI is InChI=1S/C19H29N3O3/c1-14(2)17(20-18(24)16-6-4-5-15(3)13-16)19(25)22-9-7-21(8-10-22)11-12-23/h4-6,13-14,17,23H,7-12H2,1-3H3,(H,20,24). The highest BCUT2D eigenvalue weighted by molar-refractivity contribution is 5.97. The van der Waals surface area contributed by atoms with Crippen molar-refractivity contribution in [2.75, 3.05) is 39.3 Å². The van der Waals surface area contributed by atoms with Crippen LogP contribution in [0.1, 0.15) is 29.8 Å². The highest BCUT2D eigenvalue weighted by atomic mass is 16.3. The maximum atomic E-state index is 12.9. The summed E-state index contributed by atoms with van der Waals surface area (Å²) in [5.41, 5.74) is 1.59. The number of β-amino-alcohol motifs (C(OH)–C–C–N with tert-alkyl or cyclic N) is 1. The predicted molar refractivity (Wildman–Crippen MR) is 97.4 cm³/mol. The Morgan fingerprint density at radius 1 is 1.20 bits per heavy atom. The first-order chi connectivity index (χ1) is 11.9. The molecule has 6 nitrogen and oxygen atoms in total. The molecule has 1 aromatic rings. The number of carbonyl (C=O) groups excluding carboxylic acids is 2. The number of aryl methyl sites for hydroxylation is 1. The summed E-state index contributed by atoms with van der Waals surface area (Å²) in [6.07, 6.45) is 0. The minimum Gasteiger partial charge on any atom is -0.395 e. The lowest BCUT2D eigenvalue weighted by atomic mass is 10.0. The van der Waals surface area contributed by atoms with Gasteiger partial charge in [-0.05, 0) is 25.0 Å². The average molecular weight is 347 g/mol. The first kappa shape index (κ1) is 19.4. The summed E-state index contributed by atoms with van der Waals surface area (Å²) < 4.78 is 0. The lowest BCUT2D eigenvalue weighted by Gasteiger charge is -2.37. The number of benzene rings is 1. The molecule has 2 amide bonds. The van der Waals surface area contributed by atoms with Crippen LogP contribution in [-0.2, 0) is 4.79 Å². The molecule has 1 unspecified atom stereocenters. The molecule has 1 heterocycles. The van der Waals surface area contributed by atoms with Gasteiger partial charge in [-0.3, -0.25) is 14.5 Å². The Balaban J connectivity index is 2.00. The Bertz CT molecular complexity index is 595. The molecule has 1 atom stereocenters. The summed E-state index contributed by atoms with van der Waals surface area (Å²) >= 11 is 0. The highest BCUT2D eigenvalue weighted by Crippen LogP contribution is 2.11. The predicted octanol–water partition coefficient (Wildman–Crippen LogP) is 0.886. The Labute approximate surface area is 149 Å². The number of carbonyl (C=O) groups is 2. The van der Waals surface area contributed by atoms with E-state index in [1.165, 1.54) is 0 Å². The molecule has 1 aliphatic rings. The maximum absolute atomic E-state index is 12.9. The van der Waals surface area contributed by atoms with E-state index < -0.39 is 6.04 Å². The number of aliphatic hydroxyl groups excluding tert-OH is 1. The van der Waals surface area contributed by atoms with Crippen LogP contribution in [0.5, 0.6) is 0 Å². The molecule has 0 bridgehead atoms. The molecular weight excluding hydrogens is 318 g/mol. The van der Waals surface area contributed by atoms with Crippen molar-refractivity contribution >= 4 is 11.8 Å². The van der Waals surface area contributed by atoms with Gasteiger partial charge in [-0.1, -0.05) is 31.5 Å². The van der Waals surface area contributed by atoms with Gasteiger partial charge >= 0.3 is 0 Å². The number of aliphatic hydroxyl groups is 1. The zero-order valence-electron chi connectivity index (χ0n) is 15.4. The van der Waals surface area contributed by atoms with Gasteiger partial charge in [-0.2, -0.15) is 0 Å². The van der Waals surface area contributed by atoms with Gasteiger partial charge in [0.1, 0.15) is 6.04 Å². The van der Waals surface area contributed by atoms with E-state index in [0.29, 0.717) is 25.2 Å². The molecule has 6 heteroatoms. The summed E-state index contributed by atoms with van der Waals surface area (Å²) in [6.45, 7) is 9.36. The van der Waals surface area contributed by atoms with Crippen molar-refractivity contribution in [2.24, 2.45) is 5.92 Å². The second-order valence-corrected chi connectivity index (χ2v) is 6.96. The number of nitrogens with one attached hydrogen (secondary N) is 1. The molecule has 0 radical (unpaired) electrons. The zero-order valence-corrected chi connectivity index (χ0v) is 15.4.